The quantitative estimate of drug-likeness (QED) is 0.847. The summed E-state index contributed by atoms with van der Waals surface area (Å²) in [6.45, 7) is -0.192. The molecule has 0 heterocycles. The fourth-order valence-corrected chi connectivity index (χ4v) is 3.65. The zero-order valence-corrected chi connectivity index (χ0v) is 14.5. The van der Waals surface area contributed by atoms with Crippen LogP contribution in [0.25, 0.3) is 0 Å². The van der Waals surface area contributed by atoms with E-state index in [1.54, 1.807) is 0 Å². The molecule has 136 valence electrons. The Morgan fingerprint density at radius 2 is 1.52 bits per heavy atom. The Labute approximate surface area is 143 Å². The predicted octanol–water partition coefficient (Wildman–Crippen LogP) is 2.59. The van der Waals surface area contributed by atoms with Crippen molar-refractivity contribution in [3.8, 4) is 0 Å². The van der Waals surface area contributed by atoms with E-state index in [9.17, 15) is 30.0 Å². The Morgan fingerprint density at radius 1 is 0.920 bits per heavy atom. The average molecular weight is 393 g/mol. The van der Waals surface area contributed by atoms with Crippen LogP contribution in [0.5, 0.6) is 0 Å². The minimum Gasteiger partial charge on any atom is -0.224 e. The van der Waals surface area contributed by atoms with Crippen LogP contribution in [0, 0.1) is 0 Å². The molecule has 0 unspecified atom stereocenters. The number of hydrogen-bond donors (Lipinski definition) is 1. The van der Waals surface area contributed by atoms with Crippen molar-refractivity contribution in [2.45, 2.75) is 22.5 Å². The third-order valence-corrected chi connectivity index (χ3v) is 5.82. The highest BCUT2D eigenvalue weighted by molar-refractivity contribution is 7.90. The fraction of sp³-hybridized carbons (Fsp3) is 0.200. The molecule has 10 heteroatoms. The minimum absolute atomic E-state index is 0.0805. The van der Waals surface area contributed by atoms with Crippen molar-refractivity contribution in [1.82, 2.24) is 4.72 Å². The molecule has 0 radical (unpaired) electrons. The number of halogens is 3. The molecule has 0 amide bonds. The SMILES string of the molecule is CS(=O)(=O)c1ccc(CNS(=O)(=O)c2cccc(C(F)(F)F)c2)cc1. The lowest BCUT2D eigenvalue weighted by Gasteiger charge is -2.10. The van der Waals surface area contributed by atoms with Crippen LogP contribution in [-0.2, 0) is 32.6 Å². The molecule has 0 saturated heterocycles. The van der Waals surface area contributed by atoms with Gasteiger partial charge in [-0.05, 0) is 35.9 Å². The molecule has 0 atom stereocenters. The molecule has 2 aromatic rings. The fourth-order valence-electron chi connectivity index (χ4n) is 1.96. The summed E-state index contributed by atoms with van der Waals surface area (Å²) in [6.07, 6.45) is -3.61. The number of sulfone groups is 1. The lowest BCUT2D eigenvalue weighted by molar-refractivity contribution is -0.137. The summed E-state index contributed by atoms with van der Waals surface area (Å²) in [4.78, 5) is -0.424. The second kappa shape index (κ2) is 6.77. The van der Waals surface area contributed by atoms with Crippen molar-refractivity contribution in [2.75, 3.05) is 6.26 Å². The van der Waals surface area contributed by atoms with E-state index in [1.807, 2.05) is 0 Å². The molecular weight excluding hydrogens is 379 g/mol. The van der Waals surface area contributed by atoms with Gasteiger partial charge in [0.05, 0.1) is 15.4 Å². The summed E-state index contributed by atoms with van der Waals surface area (Å²) < 4.78 is 87.2. The maximum atomic E-state index is 12.7. The molecule has 0 aliphatic rings. The normalized spacial score (nSPS) is 13.0. The molecule has 0 aliphatic heterocycles. The first-order valence-electron chi connectivity index (χ1n) is 6.85. The van der Waals surface area contributed by atoms with Crippen molar-refractivity contribution >= 4 is 19.9 Å². The molecule has 0 spiro atoms. The molecule has 5 nitrogen and oxygen atoms in total. The zero-order valence-electron chi connectivity index (χ0n) is 12.9. The maximum Gasteiger partial charge on any atom is 0.416 e. The summed E-state index contributed by atoms with van der Waals surface area (Å²) >= 11 is 0. The van der Waals surface area contributed by atoms with Gasteiger partial charge in [0.2, 0.25) is 10.0 Å². The van der Waals surface area contributed by atoms with Crippen LogP contribution in [0.2, 0.25) is 0 Å². The van der Waals surface area contributed by atoms with E-state index in [2.05, 4.69) is 4.72 Å². The van der Waals surface area contributed by atoms with E-state index in [4.69, 9.17) is 0 Å². The number of benzene rings is 2. The first kappa shape index (κ1) is 19.4. The molecule has 0 aromatic heterocycles. The van der Waals surface area contributed by atoms with E-state index in [0.717, 1.165) is 24.5 Å². The Morgan fingerprint density at radius 3 is 2.04 bits per heavy atom. The van der Waals surface area contributed by atoms with Crippen LogP contribution in [0.15, 0.2) is 58.3 Å². The second-order valence-corrected chi connectivity index (χ2v) is 9.05. The number of alkyl halides is 3. The second-order valence-electron chi connectivity index (χ2n) is 5.27. The third-order valence-electron chi connectivity index (χ3n) is 3.29. The van der Waals surface area contributed by atoms with Crippen molar-refractivity contribution in [1.29, 1.82) is 0 Å². The summed E-state index contributed by atoms with van der Waals surface area (Å²) in [7, 11) is -7.52. The molecule has 2 rings (SSSR count). The number of nitrogens with one attached hydrogen (secondary N) is 1. The van der Waals surface area contributed by atoms with Crippen LogP contribution >= 0.6 is 0 Å². The largest absolute Gasteiger partial charge is 0.416 e. The van der Waals surface area contributed by atoms with Crippen LogP contribution < -0.4 is 4.72 Å². The molecule has 0 saturated carbocycles. The van der Waals surface area contributed by atoms with Crippen molar-refractivity contribution in [2.24, 2.45) is 0 Å². The summed E-state index contributed by atoms with van der Waals surface area (Å²) in [5.41, 5.74) is -0.601. The highest BCUT2D eigenvalue weighted by Gasteiger charge is 2.31. The Kier molecular flexibility index (Phi) is 5.26. The highest BCUT2D eigenvalue weighted by Crippen LogP contribution is 2.30. The first-order chi connectivity index (χ1) is 11.4. The predicted molar refractivity (Wildman–Crippen MR) is 85.0 cm³/mol. The molecular formula is C15H14F3NO4S2. The third kappa shape index (κ3) is 5.03. The molecule has 0 bridgehead atoms. The molecule has 2 aromatic carbocycles. The first-order valence-corrected chi connectivity index (χ1v) is 10.2. The van der Waals surface area contributed by atoms with E-state index in [1.165, 1.54) is 24.3 Å². The van der Waals surface area contributed by atoms with Gasteiger partial charge in [-0.15, -0.1) is 0 Å². The standard InChI is InChI=1S/C15H14F3NO4S2/c1-24(20,21)13-7-5-11(6-8-13)10-19-25(22,23)14-4-2-3-12(9-14)15(16,17)18/h2-9,19H,10H2,1H3. The number of rotatable bonds is 5. The van der Waals surface area contributed by atoms with Gasteiger partial charge in [-0.3, -0.25) is 0 Å². The van der Waals surface area contributed by atoms with Gasteiger partial charge in [-0.1, -0.05) is 18.2 Å². The van der Waals surface area contributed by atoms with Gasteiger partial charge in [-0.2, -0.15) is 13.2 Å². The van der Waals surface area contributed by atoms with Gasteiger partial charge >= 0.3 is 6.18 Å². The van der Waals surface area contributed by atoms with Gasteiger partial charge in [-0.25, -0.2) is 21.6 Å². The monoisotopic (exact) mass is 393 g/mol. The van der Waals surface area contributed by atoms with Crippen molar-refractivity contribution in [3.05, 3.63) is 59.7 Å². The zero-order chi connectivity index (χ0) is 18.9. The van der Waals surface area contributed by atoms with Gasteiger partial charge in [0, 0.05) is 12.8 Å². The van der Waals surface area contributed by atoms with Gasteiger partial charge in [0.1, 0.15) is 0 Å². The molecule has 0 fully saturated rings. The smallest absolute Gasteiger partial charge is 0.224 e. The van der Waals surface area contributed by atoms with Crippen molar-refractivity contribution < 1.29 is 30.0 Å². The topological polar surface area (TPSA) is 80.3 Å². The van der Waals surface area contributed by atoms with Gasteiger partial charge < -0.3 is 0 Å². The lowest BCUT2D eigenvalue weighted by atomic mass is 10.2. The van der Waals surface area contributed by atoms with Gasteiger partial charge in [0.25, 0.3) is 0 Å². The number of hydrogen-bond acceptors (Lipinski definition) is 4. The summed E-state index contributed by atoms with van der Waals surface area (Å²) in [5.74, 6) is 0. The molecule has 0 aliphatic carbocycles. The summed E-state index contributed by atoms with van der Waals surface area (Å²) in [6, 6.07) is 8.89. The van der Waals surface area contributed by atoms with Crippen LogP contribution in [0.4, 0.5) is 13.2 Å². The Balaban J connectivity index is 2.17. The maximum absolute atomic E-state index is 12.7. The lowest BCUT2D eigenvalue weighted by Crippen LogP contribution is -2.23. The van der Waals surface area contributed by atoms with E-state index >= 15 is 0 Å². The van der Waals surface area contributed by atoms with Crippen molar-refractivity contribution in [3.63, 3.8) is 0 Å². The van der Waals surface area contributed by atoms with E-state index < -0.39 is 36.5 Å². The molecule has 25 heavy (non-hydrogen) atoms. The van der Waals surface area contributed by atoms with Crippen LogP contribution in [0.1, 0.15) is 11.1 Å². The van der Waals surface area contributed by atoms with Crippen LogP contribution in [-0.4, -0.2) is 23.1 Å². The summed E-state index contributed by atoms with van der Waals surface area (Å²) in [5, 5.41) is 0. The Hall–Kier alpha value is -1.91. The average Bonchev–Trinajstić information content (AvgIpc) is 2.52. The van der Waals surface area contributed by atoms with Gasteiger partial charge in [0.15, 0.2) is 9.84 Å². The van der Waals surface area contributed by atoms with E-state index in [0.29, 0.717) is 11.6 Å². The Bertz CT molecular complexity index is 967. The van der Waals surface area contributed by atoms with E-state index in [-0.39, 0.29) is 11.4 Å². The highest BCUT2D eigenvalue weighted by atomic mass is 32.2. The van der Waals surface area contributed by atoms with Crippen LogP contribution in [0.3, 0.4) is 0 Å². The minimum atomic E-state index is -4.65. The number of sulfonamides is 1. The molecule has 1 N–H and O–H groups in total.